The molecule has 0 unspecified atom stereocenters. The Bertz CT molecular complexity index is 1330. The number of nitrogens with zero attached hydrogens (tertiary/aromatic N) is 1. The summed E-state index contributed by atoms with van der Waals surface area (Å²) in [6.07, 6.45) is 5.12. The van der Waals surface area contributed by atoms with Gasteiger partial charge in [0.1, 0.15) is 0 Å². The van der Waals surface area contributed by atoms with Gasteiger partial charge in [-0.25, -0.2) is 4.79 Å². The number of allylic oxidation sites excluding steroid dienone is 2. The van der Waals surface area contributed by atoms with Crippen LogP contribution in [0.4, 0.5) is 11.4 Å². The molecule has 2 aliphatic rings. The van der Waals surface area contributed by atoms with Crippen molar-refractivity contribution in [2.75, 3.05) is 11.9 Å². The van der Waals surface area contributed by atoms with Gasteiger partial charge in [0.05, 0.1) is 16.5 Å². The number of hydrogen-bond acceptors (Lipinski definition) is 6. The summed E-state index contributed by atoms with van der Waals surface area (Å²) in [5.41, 5.74) is 3.72. The number of rotatable bonds is 6. The highest BCUT2D eigenvalue weighted by Gasteiger charge is 2.38. The van der Waals surface area contributed by atoms with E-state index in [0.29, 0.717) is 16.1 Å². The molecule has 5 rings (SSSR count). The summed E-state index contributed by atoms with van der Waals surface area (Å²) in [5, 5.41) is 15.1. The maximum atomic E-state index is 12.7. The van der Waals surface area contributed by atoms with E-state index in [0.717, 1.165) is 23.2 Å². The second-order valence-electron chi connectivity index (χ2n) is 8.63. The van der Waals surface area contributed by atoms with Crippen molar-refractivity contribution in [3.63, 3.8) is 0 Å². The maximum absolute atomic E-state index is 12.7. The zero-order valence-electron chi connectivity index (χ0n) is 18.5. The normalized spacial score (nSPS) is 19.9. The van der Waals surface area contributed by atoms with Gasteiger partial charge in [-0.15, -0.1) is 0 Å². The highest BCUT2D eigenvalue weighted by atomic mass is 35.5. The van der Waals surface area contributed by atoms with Crippen molar-refractivity contribution in [1.82, 2.24) is 0 Å². The largest absolute Gasteiger partial charge is 0.454 e. The summed E-state index contributed by atoms with van der Waals surface area (Å²) < 4.78 is 5.28. The van der Waals surface area contributed by atoms with E-state index < -0.39 is 10.9 Å². The number of nitro benzene ring substituents is 1. The molecule has 1 aliphatic carbocycles. The molecule has 3 aromatic rings. The first-order valence-corrected chi connectivity index (χ1v) is 11.6. The number of nitro groups is 1. The number of anilines is 1. The molecular formula is C27H21ClN2O5. The average molecular weight is 489 g/mol. The topological polar surface area (TPSA) is 98.5 Å². The number of halogens is 1. The lowest BCUT2D eigenvalue weighted by Crippen LogP contribution is -2.29. The van der Waals surface area contributed by atoms with Crippen molar-refractivity contribution in [2.24, 2.45) is 5.92 Å². The van der Waals surface area contributed by atoms with Gasteiger partial charge in [-0.1, -0.05) is 35.9 Å². The van der Waals surface area contributed by atoms with E-state index in [9.17, 15) is 19.7 Å². The lowest BCUT2D eigenvalue weighted by atomic mass is 9.76. The summed E-state index contributed by atoms with van der Waals surface area (Å²) in [6.45, 7) is -0.357. The third-order valence-corrected chi connectivity index (χ3v) is 6.81. The second-order valence-corrected chi connectivity index (χ2v) is 9.07. The van der Waals surface area contributed by atoms with E-state index in [4.69, 9.17) is 16.3 Å². The van der Waals surface area contributed by atoms with Gasteiger partial charge in [-0.3, -0.25) is 14.9 Å². The molecule has 8 heteroatoms. The van der Waals surface area contributed by atoms with Crippen molar-refractivity contribution in [3.05, 3.63) is 116 Å². The van der Waals surface area contributed by atoms with Crippen molar-refractivity contribution in [3.8, 4) is 0 Å². The highest BCUT2D eigenvalue weighted by Crippen LogP contribution is 2.50. The van der Waals surface area contributed by atoms with Crippen LogP contribution in [0.3, 0.4) is 0 Å². The molecular weight excluding hydrogens is 468 g/mol. The van der Waals surface area contributed by atoms with E-state index in [1.807, 2.05) is 12.1 Å². The SMILES string of the molecule is O=C(COC(=O)c1ccc2c(c1)[C@H]1C=CC[C@H]1[C@H](c1ccc([N+](=O)[O-])cc1)N2)c1ccc(Cl)cc1. The molecule has 0 aromatic heterocycles. The van der Waals surface area contributed by atoms with Crippen LogP contribution in [0.2, 0.25) is 5.02 Å². The molecule has 1 N–H and O–H groups in total. The fourth-order valence-electron chi connectivity index (χ4n) is 4.79. The number of carbonyl (C=O) groups is 2. The van der Waals surface area contributed by atoms with Crippen LogP contribution in [0.15, 0.2) is 78.9 Å². The van der Waals surface area contributed by atoms with E-state index in [1.165, 1.54) is 12.1 Å². The highest BCUT2D eigenvalue weighted by molar-refractivity contribution is 6.30. The van der Waals surface area contributed by atoms with Crippen LogP contribution in [-0.2, 0) is 4.74 Å². The van der Waals surface area contributed by atoms with Gasteiger partial charge < -0.3 is 10.1 Å². The molecule has 0 amide bonds. The molecule has 1 aliphatic heterocycles. The summed E-state index contributed by atoms with van der Waals surface area (Å²) in [7, 11) is 0. The summed E-state index contributed by atoms with van der Waals surface area (Å²) in [6, 6.07) is 18.4. The molecule has 3 aromatic carbocycles. The van der Waals surface area contributed by atoms with Crippen LogP contribution in [0.1, 0.15) is 50.2 Å². The monoisotopic (exact) mass is 488 g/mol. The molecule has 0 radical (unpaired) electrons. The molecule has 3 atom stereocenters. The lowest BCUT2D eigenvalue weighted by molar-refractivity contribution is -0.384. The van der Waals surface area contributed by atoms with Crippen LogP contribution < -0.4 is 5.32 Å². The molecule has 35 heavy (non-hydrogen) atoms. The zero-order valence-corrected chi connectivity index (χ0v) is 19.3. The van der Waals surface area contributed by atoms with Gasteiger partial charge in [-0.05, 0) is 65.9 Å². The Morgan fingerprint density at radius 1 is 1.03 bits per heavy atom. The van der Waals surface area contributed by atoms with E-state index >= 15 is 0 Å². The third-order valence-electron chi connectivity index (χ3n) is 6.56. The molecule has 0 spiro atoms. The first kappa shape index (κ1) is 22.8. The number of fused-ring (bicyclic) bond motifs is 3. The van der Waals surface area contributed by atoms with Crippen molar-refractivity contribution in [1.29, 1.82) is 0 Å². The minimum Gasteiger partial charge on any atom is -0.454 e. The van der Waals surface area contributed by atoms with E-state index in [2.05, 4.69) is 17.5 Å². The number of ketones is 1. The van der Waals surface area contributed by atoms with Gasteiger partial charge in [0.25, 0.3) is 5.69 Å². The van der Waals surface area contributed by atoms with Gasteiger partial charge in [0.15, 0.2) is 12.4 Å². The number of benzene rings is 3. The van der Waals surface area contributed by atoms with Crippen LogP contribution in [0, 0.1) is 16.0 Å². The van der Waals surface area contributed by atoms with Gasteiger partial charge in [0.2, 0.25) is 0 Å². The predicted molar refractivity (Wildman–Crippen MR) is 132 cm³/mol. The fourth-order valence-corrected chi connectivity index (χ4v) is 4.91. The van der Waals surface area contributed by atoms with Gasteiger partial charge in [-0.2, -0.15) is 0 Å². The Balaban J connectivity index is 1.33. The van der Waals surface area contributed by atoms with Crippen LogP contribution in [0.5, 0.6) is 0 Å². The van der Waals surface area contributed by atoms with Crippen molar-refractivity contribution in [2.45, 2.75) is 18.4 Å². The smallest absolute Gasteiger partial charge is 0.338 e. The van der Waals surface area contributed by atoms with Crippen molar-refractivity contribution < 1.29 is 19.2 Å². The Labute approximate surface area is 206 Å². The Kier molecular flexibility index (Phi) is 6.09. The molecule has 0 saturated carbocycles. The second kappa shape index (κ2) is 9.35. The zero-order chi connectivity index (χ0) is 24.5. The van der Waals surface area contributed by atoms with Crippen LogP contribution >= 0.6 is 11.6 Å². The first-order valence-electron chi connectivity index (χ1n) is 11.2. The molecule has 0 bridgehead atoms. The molecule has 176 valence electrons. The quantitative estimate of drug-likeness (QED) is 0.148. The molecule has 1 heterocycles. The molecule has 0 saturated heterocycles. The van der Waals surface area contributed by atoms with Gasteiger partial charge in [0, 0.05) is 34.3 Å². The first-order chi connectivity index (χ1) is 16.9. The Morgan fingerprint density at radius 2 is 1.74 bits per heavy atom. The lowest BCUT2D eigenvalue weighted by Gasteiger charge is -2.37. The number of carbonyl (C=O) groups excluding carboxylic acids is 2. The molecule has 7 nitrogen and oxygen atoms in total. The van der Waals surface area contributed by atoms with E-state index in [-0.39, 0.29) is 36.0 Å². The van der Waals surface area contributed by atoms with Crippen LogP contribution in [0.25, 0.3) is 0 Å². The summed E-state index contributed by atoms with van der Waals surface area (Å²) in [5.74, 6) is -0.567. The minimum absolute atomic E-state index is 0.0156. The number of non-ortho nitro benzene ring substituents is 1. The third kappa shape index (κ3) is 4.55. The number of Topliss-reactive ketones (excluding diaryl/α,β-unsaturated/α-hetero) is 1. The van der Waals surface area contributed by atoms with Gasteiger partial charge >= 0.3 is 5.97 Å². The number of ether oxygens (including phenoxy) is 1. The fraction of sp³-hybridized carbons (Fsp3) is 0.185. The number of hydrogen-bond donors (Lipinski definition) is 1. The average Bonchev–Trinajstić information content (AvgIpc) is 3.37. The van der Waals surface area contributed by atoms with E-state index in [1.54, 1.807) is 42.5 Å². The minimum atomic E-state index is -0.564. The number of esters is 1. The standard InChI is InChI=1S/C27H21ClN2O5/c28-19-9-4-16(5-10-19)25(31)15-35-27(32)18-8-13-24-23(14-18)21-2-1-3-22(21)26(29-24)17-6-11-20(12-7-17)30(33)34/h1-2,4-14,21-22,26,29H,3,15H2/t21-,22+,26-/m0/s1. The number of nitrogens with one attached hydrogen (secondary N) is 1. The summed E-state index contributed by atoms with van der Waals surface area (Å²) >= 11 is 5.85. The predicted octanol–water partition coefficient (Wildman–Crippen LogP) is 6.11. The Morgan fingerprint density at radius 3 is 2.46 bits per heavy atom. The molecule has 0 fully saturated rings. The van der Waals surface area contributed by atoms with Crippen LogP contribution in [-0.4, -0.2) is 23.3 Å². The maximum Gasteiger partial charge on any atom is 0.338 e. The van der Waals surface area contributed by atoms with Crippen molar-refractivity contribution >= 4 is 34.7 Å². The Hall–Kier alpha value is -3.97. The summed E-state index contributed by atoms with van der Waals surface area (Å²) in [4.78, 5) is 35.6.